The Labute approximate surface area is 188 Å². The van der Waals surface area contributed by atoms with E-state index >= 15 is 0 Å². The van der Waals surface area contributed by atoms with Crippen LogP contribution in [0.25, 0.3) is 5.69 Å². The lowest BCUT2D eigenvalue weighted by Gasteiger charge is -2.10. The number of ether oxygens (including phenoxy) is 1. The van der Waals surface area contributed by atoms with Gasteiger partial charge in [-0.25, -0.2) is 4.68 Å². The minimum Gasteiger partial charge on any atom is -0.380 e. The Morgan fingerprint density at radius 3 is 2.42 bits per heavy atom. The fourth-order valence-corrected chi connectivity index (χ4v) is 2.97. The van der Waals surface area contributed by atoms with Crippen LogP contribution in [0.15, 0.2) is 24.3 Å². The van der Waals surface area contributed by atoms with Gasteiger partial charge < -0.3 is 15.4 Å². The maximum atomic E-state index is 12.6. The molecule has 0 aliphatic heterocycles. The molecule has 0 aliphatic rings. The maximum absolute atomic E-state index is 12.6. The number of hydrogen-bond donors (Lipinski definition) is 2. The number of rotatable bonds is 13. The predicted molar refractivity (Wildman–Crippen MR) is 112 cm³/mol. The monoisotopic (exact) mass is 473 g/mol. The van der Waals surface area contributed by atoms with Crippen molar-refractivity contribution >= 4 is 11.8 Å². The first-order valence-electron chi connectivity index (χ1n) is 10.6. The first-order chi connectivity index (χ1) is 15.8. The highest BCUT2D eigenvalue weighted by Gasteiger charge is 2.28. The fourth-order valence-electron chi connectivity index (χ4n) is 2.97. The molecule has 33 heavy (non-hydrogen) atoms. The Hall–Kier alpha value is -3.02. The Kier molecular flexibility index (Phi) is 10.2. The maximum Gasteiger partial charge on any atom is 0.405 e. The zero-order valence-corrected chi connectivity index (χ0v) is 18.3. The van der Waals surface area contributed by atoms with Crippen molar-refractivity contribution in [2.24, 2.45) is 0 Å². The van der Waals surface area contributed by atoms with E-state index in [2.05, 4.69) is 15.6 Å². The summed E-state index contributed by atoms with van der Waals surface area (Å²) in [5, 5.41) is 12.5. The summed E-state index contributed by atoms with van der Waals surface area (Å²) in [6.07, 6.45) is -2.47. The molecule has 1 aromatic carbocycles. The van der Waals surface area contributed by atoms with Gasteiger partial charge in [0.2, 0.25) is 0 Å². The van der Waals surface area contributed by atoms with Crippen LogP contribution in [0.5, 0.6) is 0 Å². The lowest BCUT2D eigenvalue weighted by Crippen LogP contribution is -2.33. The second-order valence-corrected chi connectivity index (χ2v) is 7.09. The molecule has 1 heterocycles. The molecule has 2 N–H and O–H groups in total. The molecule has 2 rings (SSSR count). The lowest BCUT2D eigenvalue weighted by atomic mass is 10.1. The SMILES string of the molecule is CCOCCNC(=O)c1nnn(-c2ccc(C(=O)NCC(F)(F)F)cc2)c1CCCCCF. The zero-order chi connectivity index (χ0) is 24.3. The van der Waals surface area contributed by atoms with E-state index in [0.29, 0.717) is 56.8 Å². The fraction of sp³-hybridized carbons (Fsp3) is 0.524. The number of carbonyl (C=O) groups is 2. The van der Waals surface area contributed by atoms with Crippen molar-refractivity contribution in [3.05, 3.63) is 41.2 Å². The number of nitrogens with one attached hydrogen (secondary N) is 2. The molecule has 0 saturated heterocycles. The Balaban J connectivity index is 2.18. The molecule has 0 unspecified atom stereocenters. The molecule has 8 nitrogen and oxygen atoms in total. The van der Waals surface area contributed by atoms with E-state index in [4.69, 9.17) is 4.74 Å². The summed E-state index contributed by atoms with van der Waals surface area (Å²) in [6.45, 7) is 1.15. The zero-order valence-electron chi connectivity index (χ0n) is 18.3. The summed E-state index contributed by atoms with van der Waals surface area (Å²) in [5.41, 5.74) is 1.15. The van der Waals surface area contributed by atoms with E-state index in [1.165, 1.54) is 28.9 Å². The van der Waals surface area contributed by atoms with Gasteiger partial charge >= 0.3 is 6.18 Å². The van der Waals surface area contributed by atoms with Crippen LogP contribution in [0.1, 0.15) is 52.7 Å². The van der Waals surface area contributed by atoms with Crippen molar-refractivity contribution in [1.82, 2.24) is 25.6 Å². The average molecular weight is 473 g/mol. The van der Waals surface area contributed by atoms with Gasteiger partial charge in [-0.3, -0.25) is 14.0 Å². The van der Waals surface area contributed by atoms with Crippen molar-refractivity contribution in [2.75, 3.05) is 33.0 Å². The molecule has 0 fully saturated rings. The van der Waals surface area contributed by atoms with Crippen molar-refractivity contribution in [3.8, 4) is 5.69 Å². The number of halogens is 4. The second-order valence-electron chi connectivity index (χ2n) is 7.09. The smallest absolute Gasteiger partial charge is 0.380 e. The van der Waals surface area contributed by atoms with Gasteiger partial charge in [-0.05, 0) is 50.5 Å². The predicted octanol–water partition coefficient (Wildman–Crippen LogP) is 3.01. The van der Waals surface area contributed by atoms with Crippen molar-refractivity contribution in [2.45, 2.75) is 38.8 Å². The normalized spacial score (nSPS) is 11.4. The van der Waals surface area contributed by atoms with Crippen LogP contribution in [-0.2, 0) is 11.2 Å². The Morgan fingerprint density at radius 1 is 1.06 bits per heavy atom. The number of aromatic nitrogens is 3. The van der Waals surface area contributed by atoms with Crippen molar-refractivity contribution < 1.29 is 31.9 Å². The van der Waals surface area contributed by atoms with E-state index < -0.39 is 31.2 Å². The minimum atomic E-state index is -4.51. The number of alkyl halides is 4. The van der Waals surface area contributed by atoms with Gasteiger partial charge in [-0.1, -0.05) is 11.6 Å². The minimum absolute atomic E-state index is 0.0431. The van der Waals surface area contributed by atoms with Crippen LogP contribution in [0.3, 0.4) is 0 Å². The van der Waals surface area contributed by atoms with E-state index in [1.807, 2.05) is 6.92 Å². The average Bonchev–Trinajstić information content (AvgIpc) is 3.21. The molecule has 12 heteroatoms. The second kappa shape index (κ2) is 12.9. The van der Waals surface area contributed by atoms with Crippen molar-refractivity contribution in [1.29, 1.82) is 0 Å². The molecule has 0 spiro atoms. The van der Waals surface area contributed by atoms with Crippen LogP contribution in [-0.4, -0.2) is 66.0 Å². The topological polar surface area (TPSA) is 98.1 Å². The quantitative estimate of drug-likeness (QED) is 0.344. The largest absolute Gasteiger partial charge is 0.405 e. The molecule has 182 valence electrons. The highest BCUT2D eigenvalue weighted by atomic mass is 19.4. The molecule has 2 aromatic rings. The van der Waals surface area contributed by atoms with Crippen molar-refractivity contribution in [3.63, 3.8) is 0 Å². The number of amides is 2. The van der Waals surface area contributed by atoms with Crippen LogP contribution in [0, 0.1) is 0 Å². The van der Waals surface area contributed by atoms with Crippen LogP contribution in [0.4, 0.5) is 17.6 Å². The van der Waals surface area contributed by atoms with Gasteiger partial charge in [0.05, 0.1) is 24.7 Å². The number of benzene rings is 1. The highest BCUT2D eigenvalue weighted by molar-refractivity contribution is 5.94. The Bertz CT molecular complexity index is 900. The number of carbonyl (C=O) groups excluding carboxylic acids is 2. The summed E-state index contributed by atoms with van der Waals surface area (Å²) >= 11 is 0. The number of unbranched alkanes of at least 4 members (excludes halogenated alkanes) is 2. The van der Waals surface area contributed by atoms with Crippen LogP contribution in [0.2, 0.25) is 0 Å². The van der Waals surface area contributed by atoms with E-state index in [0.717, 1.165) is 0 Å². The molecule has 0 bridgehead atoms. The molecule has 0 radical (unpaired) electrons. The standard InChI is InChI=1S/C21H27F4N5O3/c1-2-33-13-12-26-20(32)18-17(6-4-3-5-11-22)30(29-28-18)16-9-7-15(8-10-16)19(31)27-14-21(23,24)25/h7-10H,2-6,11-14H2,1H3,(H,26,32)(H,27,31). The molecular weight excluding hydrogens is 446 g/mol. The van der Waals surface area contributed by atoms with Crippen LogP contribution >= 0.6 is 0 Å². The number of hydrogen-bond acceptors (Lipinski definition) is 5. The first-order valence-corrected chi connectivity index (χ1v) is 10.6. The molecule has 1 aromatic heterocycles. The van der Waals surface area contributed by atoms with Gasteiger partial charge in [-0.2, -0.15) is 13.2 Å². The van der Waals surface area contributed by atoms with Gasteiger partial charge in [0.1, 0.15) is 6.54 Å². The van der Waals surface area contributed by atoms with E-state index in [-0.39, 0.29) is 11.3 Å². The van der Waals surface area contributed by atoms with Crippen LogP contribution < -0.4 is 10.6 Å². The molecule has 2 amide bonds. The van der Waals surface area contributed by atoms with Gasteiger partial charge in [0.15, 0.2) is 5.69 Å². The highest BCUT2D eigenvalue weighted by Crippen LogP contribution is 2.18. The molecular formula is C21H27F4N5O3. The van der Waals surface area contributed by atoms with Gasteiger partial charge in [0.25, 0.3) is 11.8 Å². The third kappa shape index (κ3) is 8.44. The van der Waals surface area contributed by atoms with Gasteiger partial charge in [0, 0.05) is 18.7 Å². The molecule has 0 saturated carbocycles. The number of nitrogens with zero attached hydrogens (tertiary/aromatic N) is 3. The lowest BCUT2D eigenvalue weighted by molar-refractivity contribution is -0.123. The van der Waals surface area contributed by atoms with E-state index in [1.54, 1.807) is 5.32 Å². The summed E-state index contributed by atoms with van der Waals surface area (Å²) in [4.78, 5) is 24.5. The third-order valence-corrected chi connectivity index (χ3v) is 4.59. The summed E-state index contributed by atoms with van der Waals surface area (Å²) < 4.78 is 56.0. The summed E-state index contributed by atoms with van der Waals surface area (Å²) in [5.74, 6) is -1.29. The Morgan fingerprint density at radius 2 is 1.79 bits per heavy atom. The summed E-state index contributed by atoms with van der Waals surface area (Å²) in [7, 11) is 0. The first kappa shape index (κ1) is 26.2. The van der Waals surface area contributed by atoms with Gasteiger partial charge in [-0.15, -0.1) is 5.10 Å². The molecule has 0 aliphatic carbocycles. The van der Waals surface area contributed by atoms with E-state index in [9.17, 15) is 27.2 Å². The summed E-state index contributed by atoms with van der Waals surface area (Å²) in [6, 6.07) is 5.72. The molecule has 0 atom stereocenters. The third-order valence-electron chi connectivity index (χ3n) is 4.59.